The van der Waals surface area contributed by atoms with Crippen molar-refractivity contribution >= 4 is 78.5 Å². The van der Waals surface area contributed by atoms with Gasteiger partial charge in [0.1, 0.15) is 0 Å². The van der Waals surface area contributed by atoms with E-state index in [1.165, 1.54) is 159 Å². The van der Waals surface area contributed by atoms with E-state index in [4.69, 9.17) is 0 Å². The van der Waals surface area contributed by atoms with Gasteiger partial charge in [-0.2, -0.15) is 0 Å². The molecule has 79 heavy (non-hydrogen) atoms. The molecule has 0 radical (unpaired) electrons. The van der Waals surface area contributed by atoms with Gasteiger partial charge in [-0.15, -0.1) is 22.7 Å². The van der Waals surface area contributed by atoms with Gasteiger partial charge in [-0.3, -0.25) is 0 Å². The number of hydrogen-bond donors (Lipinski definition) is 0. The van der Waals surface area contributed by atoms with Gasteiger partial charge in [-0.25, -0.2) is 0 Å². The first kappa shape index (κ1) is 46.0. The maximum absolute atomic E-state index is 2.71. The van der Waals surface area contributed by atoms with Crippen molar-refractivity contribution in [1.82, 2.24) is 0 Å². The smallest absolute Gasteiger partial charge is 0.277 e. The molecule has 0 bridgehead atoms. The molecule has 11 aromatic rings. The van der Waals surface area contributed by atoms with Crippen LogP contribution in [0, 0.1) is 13.8 Å². The Morgan fingerprint density at radius 3 is 1.13 bits per heavy atom. The fourth-order valence-corrected chi connectivity index (χ4v) is 18.9. The number of anilines is 6. The number of hydrogen-bond acceptors (Lipinski definition) is 4. The minimum absolute atomic E-state index is 0.00455. The second-order valence-electron chi connectivity index (χ2n) is 25.2. The average Bonchev–Trinajstić information content (AvgIpc) is 2.31. The second kappa shape index (κ2) is 15.4. The van der Waals surface area contributed by atoms with E-state index in [1.54, 1.807) is 0 Å². The Kier molecular flexibility index (Phi) is 8.99. The predicted molar refractivity (Wildman–Crippen MR) is 336 cm³/mol. The number of rotatable bonds is 2. The summed E-state index contributed by atoms with van der Waals surface area (Å²) in [6.45, 7) is 18.5. The van der Waals surface area contributed by atoms with Gasteiger partial charge in [-0.1, -0.05) is 211 Å². The average molecular weight is 1050 g/mol. The summed E-state index contributed by atoms with van der Waals surface area (Å²) in [6.07, 6.45) is 0. The molecular weight excluding hydrogens is 992 g/mol. The molecule has 2 nitrogen and oxygen atoms in total. The van der Waals surface area contributed by atoms with Gasteiger partial charge in [0.15, 0.2) is 0 Å². The summed E-state index contributed by atoms with van der Waals surface area (Å²) in [5.41, 5.74) is 32.3. The number of thiophene rings is 2. The first-order chi connectivity index (χ1) is 38.3. The third-order valence-corrected chi connectivity index (χ3v) is 21.6. The topological polar surface area (TPSA) is 6.48 Å². The Balaban J connectivity index is 1.04. The van der Waals surface area contributed by atoms with Crippen LogP contribution in [-0.4, -0.2) is 6.71 Å². The zero-order valence-corrected chi connectivity index (χ0v) is 47.5. The predicted octanol–water partition coefficient (Wildman–Crippen LogP) is 17.8. The van der Waals surface area contributed by atoms with Gasteiger partial charge in [0, 0.05) is 53.2 Å². The summed E-state index contributed by atoms with van der Waals surface area (Å²) in [5, 5.41) is 0. The monoisotopic (exact) mass is 1050 g/mol. The van der Waals surface area contributed by atoms with Crippen molar-refractivity contribution in [3.63, 3.8) is 0 Å². The van der Waals surface area contributed by atoms with Crippen LogP contribution in [0.5, 0.6) is 0 Å². The van der Waals surface area contributed by atoms with Crippen LogP contribution in [0.1, 0.15) is 107 Å². The lowest BCUT2D eigenvalue weighted by Gasteiger charge is -2.43. The fourth-order valence-electron chi connectivity index (χ4n) is 15.5. The van der Waals surface area contributed by atoms with Crippen molar-refractivity contribution < 1.29 is 0 Å². The molecule has 5 heteroatoms. The molecule has 0 fully saturated rings. The van der Waals surface area contributed by atoms with Crippen molar-refractivity contribution in [3.8, 4) is 44.5 Å². The molecule has 0 unspecified atom stereocenters. The largest absolute Gasteiger partial charge is 0.310 e. The molecule has 2 aliphatic heterocycles. The SMILES string of the molecule is Cc1cc2c3c(c1)N(c1ccc(C(C)(C)C)cc1)c1c(sc4c1-c1ccc(C)cc1C41c4ccccc4-c4ccccc41)B3c1sc3c(c1N2c1ccc(C(C)(C)C)cc1)-c1ccccc1C31c2ccccc2-c2ccccc21. The van der Waals surface area contributed by atoms with Crippen LogP contribution in [0.15, 0.2) is 200 Å². The quantitative estimate of drug-likeness (QED) is 0.159. The van der Waals surface area contributed by atoms with Crippen molar-refractivity contribution in [2.75, 3.05) is 9.80 Å². The zero-order chi connectivity index (χ0) is 53.2. The van der Waals surface area contributed by atoms with Gasteiger partial charge < -0.3 is 9.80 Å². The van der Waals surface area contributed by atoms with E-state index in [0.717, 1.165) is 0 Å². The van der Waals surface area contributed by atoms with E-state index in [9.17, 15) is 0 Å². The first-order valence-corrected chi connectivity index (χ1v) is 29.8. The van der Waals surface area contributed by atoms with Crippen LogP contribution in [0.25, 0.3) is 44.5 Å². The lowest BCUT2D eigenvalue weighted by Crippen LogP contribution is -2.59. The zero-order valence-electron chi connectivity index (χ0n) is 45.8. The molecule has 2 aromatic heterocycles. The summed E-state index contributed by atoms with van der Waals surface area (Å²) in [6, 6.07) is 78.2. The molecule has 17 rings (SSSR count). The number of fused-ring (bicyclic) bond motifs is 26. The Morgan fingerprint density at radius 1 is 0.367 bits per heavy atom. The molecule has 0 N–H and O–H groups in total. The third kappa shape index (κ3) is 5.63. The van der Waals surface area contributed by atoms with Crippen molar-refractivity contribution in [2.24, 2.45) is 0 Å². The molecule has 2 spiro atoms. The van der Waals surface area contributed by atoms with E-state index >= 15 is 0 Å². The van der Waals surface area contributed by atoms with E-state index < -0.39 is 10.8 Å². The van der Waals surface area contributed by atoms with E-state index in [2.05, 4.69) is 288 Å². The highest BCUT2D eigenvalue weighted by Crippen LogP contribution is 2.70. The van der Waals surface area contributed by atoms with E-state index in [-0.39, 0.29) is 17.5 Å². The van der Waals surface area contributed by atoms with E-state index in [0.29, 0.717) is 0 Å². The molecule has 9 aromatic carbocycles. The summed E-state index contributed by atoms with van der Waals surface area (Å²) >= 11 is 4.19. The van der Waals surface area contributed by atoms with Crippen LogP contribution in [0.4, 0.5) is 34.1 Å². The number of nitrogens with zero attached hydrogens (tertiary/aromatic N) is 2. The molecule has 4 aliphatic carbocycles. The maximum atomic E-state index is 2.71. The van der Waals surface area contributed by atoms with Crippen LogP contribution >= 0.6 is 22.7 Å². The highest BCUT2D eigenvalue weighted by molar-refractivity contribution is 7.37. The molecule has 0 amide bonds. The van der Waals surface area contributed by atoms with Gasteiger partial charge in [0.05, 0.1) is 22.2 Å². The van der Waals surface area contributed by atoms with Crippen molar-refractivity contribution in [1.29, 1.82) is 0 Å². The van der Waals surface area contributed by atoms with Crippen molar-refractivity contribution in [2.45, 2.75) is 77.0 Å². The molecule has 0 saturated carbocycles. The summed E-state index contributed by atoms with van der Waals surface area (Å²) in [7, 11) is 0. The minimum Gasteiger partial charge on any atom is -0.310 e. The lowest BCUT2D eigenvalue weighted by atomic mass is 9.39. The van der Waals surface area contributed by atoms with Gasteiger partial charge in [-0.05, 0) is 150 Å². The Morgan fingerprint density at radius 2 is 0.722 bits per heavy atom. The third-order valence-electron chi connectivity index (χ3n) is 18.9. The summed E-state index contributed by atoms with van der Waals surface area (Å²) < 4.78 is 2.85. The normalized spacial score (nSPS) is 15.5. The molecular formula is C74H57BN2S2. The Labute approximate surface area is 472 Å². The Bertz CT molecular complexity index is 4410. The number of benzene rings is 9. The standard InChI is InChI=1S/C74H57BN2S2/c1-42-29-38-53-59(39-42)74(56-26-16-11-21-50(56)51-22-12-17-27-57(51)74)68-63(53)66-70(79-68)75-64-60(40-43(2)41-61(64)77(66)47-36-32-45(33-37-47)72(6,7)8)76(46-34-30-44(31-35-46)71(3,4)5)65-62-52-23-13-18-28-58(52)73(67(62)78-69(65)75)54-24-14-9-19-48(54)49-20-10-15-25-55(49)73/h9-41H,1-8H3. The number of aryl methyl sites for hydroxylation is 2. The molecule has 378 valence electrons. The van der Waals surface area contributed by atoms with Gasteiger partial charge in [0.25, 0.3) is 6.71 Å². The highest BCUT2D eigenvalue weighted by Gasteiger charge is 2.60. The van der Waals surface area contributed by atoms with Crippen LogP contribution < -0.4 is 24.8 Å². The highest BCUT2D eigenvalue weighted by atomic mass is 32.1. The molecule has 0 atom stereocenters. The first-order valence-electron chi connectivity index (χ1n) is 28.2. The lowest BCUT2D eigenvalue weighted by molar-refractivity contribution is 0.590. The summed E-state index contributed by atoms with van der Waals surface area (Å²) in [5.74, 6) is 0. The van der Waals surface area contributed by atoms with Crippen LogP contribution in [0.2, 0.25) is 0 Å². The molecule has 6 aliphatic rings. The molecule has 0 saturated heterocycles. The van der Waals surface area contributed by atoms with E-state index in [1.807, 2.05) is 0 Å². The van der Waals surface area contributed by atoms with Crippen LogP contribution in [0.3, 0.4) is 0 Å². The Hall–Kier alpha value is -7.96. The second-order valence-corrected chi connectivity index (χ2v) is 27.3. The fraction of sp³-hybridized carbons (Fsp3) is 0.162. The van der Waals surface area contributed by atoms with Crippen LogP contribution in [-0.2, 0) is 21.7 Å². The minimum atomic E-state index is -0.492. The van der Waals surface area contributed by atoms with Gasteiger partial charge in [0.2, 0.25) is 0 Å². The molecule has 4 heterocycles. The maximum Gasteiger partial charge on any atom is 0.277 e. The van der Waals surface area contributed by atoms with Crippen molar-refractivity contribution in [3.05, 3.63) is 266 Å². The van der Waals surface area contributed by atoms with Gasteiger partial charge >= 0.3 is 0 Å². The summed E-state index contributed by atoms with van der Waals surface area (Å²) in [4.78, 5) is 8.28.